The van der Waals surface area contributed by atoms with Crippen molar-refractivity contribution in [2.24, 2.45) is 0 Å². The quantitative estimate of drug-likeness (QED) is 0.397. The fraction of sp³-hybridized carbons (Fsp3) is 0.250. The van der Waals surface area contributed by atoms with Gasteiger partial charge in [-0.3, -0.25) is 9.78 Å². The zero-order chi connectivity index (χ0) is 25.1. The van der Waals surface area contributed by atoms with Crippen LogP contribution in [0.1, 0.15) is 22.8 Å². The van der Waals surface area contributed by atoms with E-state index < -0.39 is 0 Å². The monoisotopic (exact) mass is 485 g/mol. The second-order valence-electron chi connectivity index (χ2n) is 8.69. The summed E-state index contributed by atoms with van der Waals surface area (Å²) in [5.74, 6) is -0.493. The summed E-state index contributed by atoms with van der Waals surface area (Å²) in [4.78, 5) is 24.2. The molecule has 2 aromatic carbocycles. The minimum absolute atomic E-state index is 0.136. The Hall–Kier alpha value is -4.04. The molecule has 1 aliphatic heterocycles. The van der Waals surface area contributed by atoms with Crippen molar-refractivity contribution >= 4 is 33.9 Å². The van der Waals surface area contributed by atoms with Crippen LogP contribution in [0.2, 0.25) is 0 Å². The van der Waals surface area contributed by atoms with Crippen LogP contribution in [0, 0.1) is 12.7 Å². The van der Waals surface area contributed by atoms with Gasteiger partial charge < -0.3 is 20.3 Å². The van der Waals surface area contributed by atoms with Gasteiger partial charge in [-0.1, -0.05) is 6.07 Å². The highest BCUT2D eigenvalue weighted by Gasteiger charge is 2.18. The van der Waals surface area contributed by atoms with E-state index in [0.29, 0.717) is 42.2 Å². The lowest BCUT2D eigenvalue weighted by molar-refractivity contribution is 0.0956. The minimum Gasteiger partial charge on any atom is -0.378 e. The number of pyridine rings is 2. The van der Waals surface area contributed by atoms with E-state index in [0.717, 1.165) is 41.1 Å². The van der Waals surface area contributed by atoms with Gasteiger partial charge in [0.25, 0.3) is 5.91 Å². The number of anilines is 3. The highest BCUT2D eigenvalue weighted by Crippen LogP contribution is 2.36. The second-order valence-corrected chi connectivity index (χ2v) is 8.69. The Bertz CT molecular complexity index is 1400. The zero-order valence-corrected chi connectivity index (χ0v) is 20.3. The number of benzene rings is 2. The van der Waals surface area contributed by atoms with Gasteiger partial charge in [0.05, 0.1) is 35.8 Å². The molecule has 7 nitrogen and oxygen atoms in total. The number of halogens is 1. The van der Waals surface area contributed by atoms with Crippen LogP contribution in [0.3, 0.4) is 0 Å². The predicted molar refractivity (Wildman–Crippen MR) is 140 cm³/mol. The molecule has 4 aromatic rings. The van der Waals surface area contributed by atoms with E-state index in [2.05, 4.69) is 20.5 Å². The number of carbonyl (C=O) groups is 1. The number of carbonyl (C=O) groups excluding carboxylic acids is 1. The Morgan fingerprint density at radius 1 is 1.11 bits per heavy atom. The molecule has 0 atom stereocenters. The third kappa shape index (κ3) is 4.85. The SMILES string of the molecule is CCNC(=O)c1cc(Nc2c(C)c(-c3ccccn3)nc3cc(F)ccc23)cc(N2CCOCC2)c1. The van der Waals surface area contributed by atoms with Crippen LogP contribution in [0.5, 0.6) is 0 Å². The molecule has 2 N–H and O–H groups in total. The number of fused-ring (bicyclic) bond motifs is 1. The molecule has 1 amide bonds. The van der Waals surface area contributed by atoms with Crippen LogP contribution in [0.4, 0.5) is 21.5 Å². The van der Waals surface area contributed by atoms with Gasteiger partial charge in [0.1, 0.15) is 5.82 Å². The van der Waals surface area contributed by atoms with Gasteiger partial charge in [0.2, 0.25) is 0 Å². The number of hydrogen-bond acceptors (Lipinski definition) is 6. The summed E-state index contributed by atoms with van der Waals surface area (Å²) in [6.07, 6.45) is 1.71. The predicted octanol–water partition coefficient (Wildman–Crippen LogP) is 5.07. The van der Waals surface area contributed by atoms with E-state index >= 15 is 0 Å². The van der Waals surface area contributed by atoms with Crippen molar-refractivity contribution < 1.29 is 13.9 Å². The van der Waals surface area contributed by atoms with Crippen molar-refractivity contribution in [1.29, 1.82) is 0 Å². The number of nitrogens with zero attached hydrogens (tertiary/aromatic N) is 3. The lowest BCUT2D eigenvalue weighted by Gasteiger charge is -2.29. The summed E-state index contributed by atoms with van der Waals surface area (Å²) in [5.41, 5.74) is 5.83. The minimum atomic E-state index is -0.357. The van der Waals surface area contributed by atoms with Gasteiger partial charge in [-0.15, -0.1) is 0 Å². The summed E-state index contributed by atoms with van der Waals surface area (Å²) >= 11 is 0. The van der Waals surface area contributed by atoms with E-state index in [9.17, 15) is 9.18 Å². The third-order valence-corrected chi connectivity index (χ3v) is 6.26. The molecule has 0 spiro atoms. The molecular weight excluding hydrogens is 457 g/mol. The number of rotatable bonds is 6. The highest BCUT2D eigenvalue weighted by atomic mass is 19.1. The summed E-state index contributed by atoms with van der Waals surface area (Å²) in [5, 5.41) is 7.21. The lowest BCUT2D eigenvalue weighted by Crippen LogP contribution is -2.36. The maximum atomic E-state index is 14.2. The molecule has 2 aromatic heterocycles. The molecule has 0 radical (unpaired) electrons. The normalized spacial score (nSPS) is 13.6. The van der Waals surface area contributed by atoms with Crippen molar-refractivity contribution in [1.82, 2.24) is 15.3 Å². The molecule has 1 fully saturated rings. The molecule has 5 rings (SSSR count). The Morgan fingerprint density at radius 2 is 1.94 bits per heavy atom. The number of morpholine rings is 1. The van der Waals surface area contributed by atoms with Crippen molar-refractivity contribution in [2.75, 3.05) is 43.1 Å². The third-order valence-electron chi connectivity index (χ3n) is 6.26. The maximum Gasteiger partial charge on any atom is 0.251 e. The highest BCUT2D eigenvalue weighted by molar-refractivity contribution is 6.00. The topological polar surface area (TPSA) is 79.4 Å². The molecule has 0 aliphatic carbocycles. The van der Waals surface area contributed by atoms with Crippen LogP contribution in [-0.4, -0.2) is 48.7 Å². The first-order valence-electron chi connectivity index (χ1n) is 12.1. The van der Waals surface area contributed by atoms with E-state index in [1.165, 1.54) is 12.1 Å². The van der Waals surface area contributed by atoms with Crippen LogP contribution in [-0.2, 0) is 4.74 Å². The van der Waals surface area contributed by atoms with Gasteiger partial charge >= 0.3 is 0 Å². The van der Waals surface area contributed by atoms with Crippen molar-refractivity contribution in [3.8, 4) is 11.4 Å². The van der Waals surface area contributed by atoms with Gasteiger partial charge in [0.15, 0.2) is 0 Å². The first-order valence-corrected chi connectivity index (χ1v) is 12.1. The Balaban J connectivity index is 1.64. The maximum absolute atomic E-state index is 14.2. The van der Waals surface area contributed by atoms with E-state index in [-0.39, 0.29) is 11.7 Å². The van der Waals surface area contributed by atoms with Crippen LogP contribution in [0.25, 0.3) is 22.3 Å². The Kier molecular flexibility index (Phi) is 6.77. The smallest absolute Gasteiger partial charge is 0.251 e. The Labute approximate surface area is 209 Å². The molecule has 36 heavy (non-hydrogen) atoms. The largest absolute Gasteiger partial charge is 0.378 e. The van der Waals surface area contributed by atoms with Crippen LogP contribution < -0.4 is 15.5 Å². The average Bonchev–Trinajstić information content (AvgIpc) is 2.91. The number of nitrogens with one attached hydrogen (secondary N) is 2. The standard InChI is InChI=1S/C28H28FN5O2/c1-3-30-28(35)19-14-21(17-22(15-19)34-10-12-36-13-11-34)32-26-18(2)27(24-6-4-5-9-31-24)33-25-16-20(29)7-8-23(25)26/h4-9,14-17H,3,10-13H2,1-2H3,(H,30,35)(H,32,33). The molecule has 3 heterocycles. The number of amides is 1. The van der Waals surface area contributed by atoms with Gasteiger partial charge in [-0.05, 0) is 56.3 Å². The van der Waals surface area contributed by atoms with E-state index in [4.69, 9.17) is 9.72 Å². The second kappa shape index (κ2) is 10.3. The summed E-state index contributed by atoms with van der Waals surface area (Å²) in [6, 6.07) is 16.0. The van der Waals surface area contributed by atoms with Crippen LogP contribution in [0.15, 0.2) is 60.8 Å². The average molecular weight is 486 g/mol. The van der Waals surface area contributed by atoms with Crippen LogP contribution >= 0.6 is 0 Å². The fourth-order valence-electron chi connectivity index (χ4n) is 4.47. The molecule has 1 aliphatic rings. The van der Waals surface area contributed by atoms with E-state index in [1.54, 1.807) is 12.3 Å². The summed E-state index contributed by atoms with van der Waals surface area (Å²) in [7, 11) is 0. The number of ether oxygens (including phenoxy) is 1. The number of hydrogen-bond donors (Lipinski definition) is 2. The summed E-state index contributed by atoms with van der Waals surface area (Å²) < 4.78 is 19.7. The molecule has 1 saturated heterocycles. The van der Waals surface area contributed by atoms with Gasteiger partial charge in [-0.25, -0.2) is 9.37 Å². The van der Waals surface area contributed by atoms with Crippen molar-refractivity contribution in [2.45, 2.75) is 13.8 Å². The molecule has 8 heteroatoms. The fourth-order valence-corrected chi connectivity index (χ4v) is 4.47. The zero-order valence-electron chi connectivity index (χ0n) is 20.3. The van der Waals surface area contributed by atoms with Crippen molar-refractivity contribution in [3.63, 3.8) is 0 Å². The summed E-state index contributed by atoms with van der Waals surface area (Å²) in [6.45, 7) is 7.18. The van der Waals surface area contributed by atoms with Gasteiger partial charge in [-0.2, -0.15) is 0 Å². The molecule has 0 unspecified atom stereocenters. The van der Waals surface area contributed by atoms with Crippen molar-refractivity contribution in [3.05, 3.63) is 77.7 Å². The first kappa shape index (κ1) is 23.7. The molecule has 184 valence electrons. The van der Waals surface area contributed by atoms with E-state index in [1.807, 2.05) is 50.2 Å². The Morgan fingerprint density at radius 3 is 2.69 bits per heavy atom. The molecular formula is C28H28FN5O2. The first-order chi connectivity index (χ1) is 17.5. The van der Waals surface area contributed by atoms with Gasteiger partial charge in [0, 0.05) is 59.8 Å². The molecule has 0 bridgehead atoms. The lowest BCUT2D eigenvalue weighted by atomic mass is 10.0. The number of aromatic nitrogens is 2. The molecule has 0 saturated carbocycles.